The third kappa shape index (κ3) is 7.05. The molecule has 0 heterocycles. The van der Waals surface area contributed by atoms with Crippen LogP contribution in [0.25, 0.3) is 0 Å². The van der Waals surface area contributed by atoms with Gasteiger partial charge in [0.25, 0.3) is 0 Å². The first-order valence-corrected chi connectivity index (χ1v) is 8.32. The lowest BCUT2D eigenvalue weighted by molar-refractivity contribution is 0.955. The second-order valence-corrected chi connectivity index (χ2v) is 5.88. The van der Waals surface area contributed by atoms with E-state index in [0.717, 1.165) is 32.4 Å². The van der Waals surface area contributed by atoms with Crippen molar-refractivity contribution in [2.45, 2.75) is 33.1 Å². The molecule has 0 saturated heterocycles. The van der Waals surface area contributed by atoms with Gasteiger partial charge in [0.05, 0.1) is 0 Å². The minimum Gasteiger partial charge on any atom is -0.294 e. The normalized spacial score (nSPS) is 12.4. The monoisotopic (exact) mass is 306 g/mol. The Balaban J connectivity index is 1.71. The molecule has 0 amide bonds. The molecule has 120 valence electrons. The van der Waals surface area contributed by atoms with Crippen molar-refractivity contribution < 1.29 is 0 Å². The fourth-order valence-electron chi connectivity index (χ4n) is 2.52. The Bertz CT molecular complexity index is 570. The summed E-state index contributed by atoms with van der Waals surface area (Å²) in [4.78, 5) is 9.32. The van der Waals surface area contributed by atoms with Crippen LogP contribution < -0.4 is 0 Å². The van der Waals surface area contributed by atoms with Gasteiger partial charge >= 0.3 is 0 Å². The van der Waals surface area contributed by atoms with Crippen LogP contribution in [0.2, 0.25) is 0 Å². The summed E-state index contributed by atoms with van der Waals surface area (Å²) in [5, 5.41) is 0. The van der Waals surface area contributed by atoms with Crippen LogP contribution in [0.4, 0.5) is 0 Å². The Morgan fingerprint density at radius 1 is 0.652 bits per heavy atom. The molecule has 0 N–H and O–H groups in total. The molecule has 0 radical (unpaired) electrons. The van der Waals surface area contributed by atoms with Crippen LogP contribution in [-0.2, 0) is 12.8 Å². The molecule has 0 fully saturated rings. The second-order valence-electron chi connectivity index (χ2n) is 5.88. The summed E-state index contributed by atoms with van der Waals surface area (Å²) in [6, 6.07) is 21.0. The molecule has 2 heteroatoms. The van der Waals surface area contributed by atoms with Crippen LogP contribution >= 0.6 is 0 Å². The molecule has 0 saturated carbocycles. The van der Waals surface area contributed by atoms with Gasteiger partial charge < -0.3 is 0 Å². The first-order chi connectivity index (χ1) is 11.2. The Labute approximate surface area is 140 Å². The van der Waals surface area contributed by atoms with E-state index < -0.39 is 0 Å². The summed E-state index contributed by atoms with van der Waals surface area (Å²) in [5.41, 5.74) is 5.03. The highest BCUT2D eigenvalue weighted by Crippen LogP contribution is 2.02. The Kier molecular flexibility index (Phi) is 7.25. The van der Waals surface area contributed by atoms with Crippen LogP contribution in [0.3, 0.4) is 0 Å². The quantitative estimate of drug-likeness (QED) is 0.627. The zero-order valence-corrected chi connectivity index (χ0v) is 14.2. The molecule has 2 rings (SSSR count). The fraction of sp³-hybridized carbons (Fsp3) is 0.333. The zero-order valence-electron chi connectivity index (χ0n) is 14.2. The molecule has 0 aliphatic heterocycles. The van der Waals surface area contributed by atoms with E-state index in [1.54, 1.807) is 0 Å². The minimum atomic E-state index is 0.854. The molecule has 0 unspecified atom stereocenters. The molecule has 2 nitrogen and oxygen atoms in total. The summed E-state index contributed by atoms with van der Waals surface area (Å²) in [6.45, 7) is 5.91. The number of hydrogen-bond acceptors (Lipinski definition) is 2. The van der Waals surface area contributed by atoms with Crippen molar-refractivity contribution in [3.63, 3.8) is 0 Å². The number of hydrogen-bond donors (Lipinski definition) is 0. The van der Waals surface area contributed by atoms with Gasteiger partial charge in [-0.3, -0.25) is 9.98 Å². The van der Waals surface area contributed by atoms with Gasteiger partial charge in [-0.15, -0.1) is 0 Å². The topological polar surface area (TPSA) is 24.7 Å². The van der Waals surface area contributed by atoms with Gasteiger partial charge in [-0.1, -0.05) is 60.7 Å². The lowest BCUT2D eigenvalue weighted by Gasteiger charge is -2.03. The summed E-state index contributed by atoms with van der Waals surface area (Å²) in [6.07, 6.45) is 2.88. The number of benzene rings is 2. The molecular formula is C21H26N2. The van der Waals surface area contributed by atoms with Gasteiger partial charge in [-0.25, -0.2) is 0 Å². The smallest absolute Gasteiger partial charge is 0.0429 e. The predicted molar refractivity (Wildman–Crippen MR) is 101 cm³/mol. The average molecular weight is 306 g/mol. The van der Waals surface area contributed by atoms with E-state index in [2.05, 4.69) is 72.4 Å². The van der Waals surface area contributed by atoms with Crippen LogP contribution in [0, 0.1) is 0 Å². The molecule has 0 bridgehead atoms. The van der Waals surface area contributed by atoms with Crippen molar-refractivity contribution in [3.8, 4) is 0 Å². The number of aliphatic imine (C=N–C) groups is 2. The maximum absolute atomic E-state index is 4.66. The minimum absolute atomic E-state index is 0.854. The Morgan fingerprint density at radius 3 is 1.43 bits per heavy atom. The van der Waals surface area contributed by atoms with E-state index >= 15 is 0 Å². The maximum Gasteiger partial charge on any atom is 0.0429 e. The van der Waals surface area contributed by atoms with E-state index in [1.807, 2.05) is 12.1 Å². The molecule has 2 aromatic carbocycles. The van der Waals surface area contributed by atoms with E-state index in [0.29, 0.717) is 0 Å². The highest BCUT2D eigenvalue weighted by atomic mass is 14.8. The molecule has 0 aromatic heterocycles. The van der Waals surface area contributed by atoms with Crippen molar-refractivity contribution in [2.24, 2.45) is 9.98 Å². The van der Waals surface area contributed by atoms with Gasteiger partial charge in [0.1, 0.15) is 0 Å². The second kappa shape index (κ2) is 9.73. The van der Waals surface area contributed by atoms with E-state index in [-0.39, 0.29) is 0 Å². The van der Waals surface area contributed by atoms with Gasteiger partial charge in [-0.2, -0.15) is 0 Å². The number of nitrogens with zero attached hydrogens (tertiary/aromatic N) is 2. The first kappa shape index (κ1) is 17.1. The van der Waals surface area contributed by atoms with Crippen molar-refractivity contribution in [2.75, 3.05) is 13.1 Å². The molecule has 0 atom stereocenters. The highest BCUT2D eigenvalue weighted by molar-refractivity contribution is 6.02. The number of rotatable bonds is 8. The molecule has 23 heavy (non-hydrogen) atoms. The van der Waals surface area contributed by atoms with Gasteiger partial charge in [0.15, 0.2) is 0 Å². The van der Waals surface area contributed by atoms with Crippen molar-refractivity contribution >= 4 is 11.4 Å². The molecular weight excluding hydrogens is 280 g/mol. The average Bonchev–Trinajstić information content (AvgIpc) is 2.57. The molecule has 0 aliphatic carbocycles. The zero-order chi connectivity index (χ0) is 16.3. The van der Waals surface area contributed by atoms with E-state index in [4.69, 9.17) is 0 Å². The van der Waals surface area contributed by atoms with Crippen LogP contribution in [0.5, 0.6) is 0 Å². The van der Waals surface area contributed by atoms with Crippen molar-refractivity contribution in [3.05, 3.63) is 71.8 Å². The first-order valence-electron chi connectivity index (χ1n) is 8.32. The Morgan fingerprint density at radius 2 is 1.04 bits per heavy atom. The van der Waals surface area contributed by atoms with Crippen LogP contribution in [-0.4, -0.2) is 24.5 Å². The SMILES string of the molecule is CC(CC(C)=NCCc1ccccc1)=NCCc1ccccc1. The van der Waals surface area contributed by atoms with Crippen molar-refractivity contribution in [1.82, 2.24) is 0 Å². The van der Waals surface area contributed by atoms with Crippen molar-refractivity contribution in [1.29, 1.82) is 0 Å². The predicted octanol–water partition coefficient (Wildman–Crippen LogP) is 4.78. The maximum atomic E-state index is 4.66. The summed E-state index contributed by atoms with van der Waals surface area (Å²) >= 11 is 0. The summed E-state index contributed by atoms with van der Waals surface area (Å²) in [7, 11) is 0. The molecule has 0 spiro atoms. The lowest BCUT2D eigenvalue weighted by Crippen LogP contribution is -2.04. The summed E-state index contributed by atoms with van der Waals surface area (Å²) in [5.74, 6) is 0. The van der Waals surface area contributed by atoms with E-state index in [9.17, 15) is 0 Å². The third-order valence-electron chi connectivity index (χ3n) is 3.76. The lowest BCUT2D eigenvalue weighted by atomic mass is 10.1. The van der Waals surface area contributed by atoms with Crippen LogP contribution in [0.1, 0.15) is 31.4 Å². The van der Waals surface area contributed by atoms with Crippen LogP contribution in [0.15, 0.2) is 70.6 Å². The van der Waals surface area contributed by atoms with E-state index in [1.165, 1.54) is 22.6 Å². The molecule has 0 aliphatic rings. The highest BCUT2D eigenvalue weighted by Gasteiger charge is 1.97. The van der Waals surface area contributed by atoms with Gasteiger partial charge in [0.2, 0.25) is 0 Å². The summed E-state index contributed by atoms with van der Waals surface area (Å²) < 4.78 is 0. The largest absolute Gasteiger partial charge is 0.294 e. The molecule has 2 aromatic rings. The van der Waals surface area contributed by atoms with Gasteiger partial charge in [0, 0.05) is 30.9 Å². The third-order valence-corrected chi connectivity index (χ3v) is 3.76. The Hall–Kier alpha value is -2.22. The standard InChI is InChI=1S/C21H26N2/c1-18(22-15-13-20-9-5-3-6-10-20)17-19(2)23-16-14-21-11-7-4-8-12-21/h3-12H,13-17H2,1-2H3. The fourth-order valence-corrected chi connectivity index (χ4v) is 2.52. The van der Waals surface area contributed by atoms with Gasteiger partial charge in [-0.05, 0) is 37.8 Å².